The quantitative estimate of drug-likeness (QED) is 0.229. The minimum Gasteiger partial charge on any atom is -0.876 e. The van der Waals surface area contributed by atoms with E-state index in [0.29, 0.717) is 0 Å². The standard InChI is InChI=1S/2C5H8O2.C4H11NO3.Fe/c2*1-4(6)3-5(2)7;5-4(1-6,2-7)3-8;/h2*3,6H,1-2H3;6-8H,1-3,5H2;/q;;;+2/p-2/b2*4-3-;;. The van der Waals surface area contributed by atoms with Crippen LogP contribution in [0, 0.1) is 0 Å². The Kier molecular flexibility index (Phi) is 22.2. The molecule has 0 aliphatic carbocycles. The molecule has 0 aliphatic rings. The Labute approximate surface area is 146 Å². The molecule has 9 heteroatoms. The molecule has 0 fully saturated rings. The molecule has 0 unspecified atom stereocenters. The first kappa shape index (κ1) is 29.7. The van der Waals surface area contributed by atoms with Gasteiger partial charge < -0.3 is 31.3 Å². The monoisotopic (exact) mass is 375 g/mol. The summed E-state index contributed by atoms with van der Waals surface area (Å²) in [5, 5.41) is 45.0. The fourth-order valence-corrected chi connectivity index (χ4v) is 0.722. The molecule has 0 aromatic carbocycles. The van der Waals surface area contributed by atoms with Gasteiger partial charge in [0.05, 0.1) is 25.4 Å². The van der Waals surface area contributed by atoms with Gasteiger partial charge in [-0.1, -0.05) is 13.8 Å². The van der Waals surface area contributed by atoms with Crippen molar-refractivity contribution < 1.29 is 52.2 Å². The van der Waals surface area contributed by atoms with Crippen LogP contribution < -0.4 is 15.9 Å². The number of hydrogen-bond donors (Lipinski definition) is 4. The molecule has 23 heavy (non-hydrogen) atoms. The molecular weight excluding hydrogens is 350 g/mol. The SMILES string of the molecule is CC(=O)/C=C(/C)[O-].CC(=O)/C=C(/C)[O-].NC(CO)(CO)CO.[Fe+2]. The topological polar surface area (TPSA) is 167 Å². The third-order valence-corrected chi connectivity index (χ3v) is 1.76. The van der Waals surface area contributed by atoms with Crippen LogP contribution >= 0.6 is 0 Å². The fraction of sp³-hybridized carbons (Fsp3) is 0.571. The average molecular weight is 375 g/mol. The summed E-state index contributed by atoms with van der Waals surface area (Å²) in [5.41, 5.74) is 3.94. The summed E-state index contributed by atoms with van der Waals surface area (Å²) in [5.74, 6) is -0.750. The van der Waals surface area contributed by atoms with E-state index < -0.39 is 25.4 Å². The Morgan fingerprint density at radius 2 is 1.09 bits per heavy atom. The van der Waals surface area contributed by atoms with E-state index in [2.05, 4.69) is 0 Å². The number of carbonyl (C=O) groups excluding carboxylic acids is 2. The molecule has 0 aliphatic heterocycles. The zero-order valence-electron chi connectivity index (χ0n) is 13.7. The number of allylic oxidation sites excluding steroid dienone is 4. The number of hydrogen-bond acceptors (Lipinski definition) is 8. The molecule has 0 saturated carbocycles. The number of nitrogens with two attached hydrogens (primary N) is 1. The van der Waals surface area contributed by atoms with Crippen LogP contribution in [0.4, 0.5) is 0 Å². The van der Waals surface area contributed by atoms with E-state index in [1.54, 1.807) is 0 Å². The molecule has 0 spiro atoms. The Morgan fingerprint density at radius 3 is 1.09 bits per heavy atom. The summed E-state index contributed by atoms with van der Waals surface area (Å²) in [6.07, 6.45) is 2.11. The van der Waals surface area contributed by atoms with Crippen molar-refractivity contribution in [1.29, 1.82) is 0 Å². The van der Waals surface area contributed by atoms with Gasteiger partial charge in [0.25, 0.3) is 0 Å². The predicted molar refractivity (Wildman–Crippen MR) is 77.1 cm³/mol. The van der Waals surface area contributed by atoms with Gasteiger partial charge in [0.15, 0.2) is 11.6 Å². The van der Waals surface area contributed by atoms with Gasteiger partial charge in [0, 0.05) is 0 Å². The summed E-state index contributed by atoms with van der Waals surface area (Å²) in [4.78, 5) is 20.0. The van der Waals surface area contributed by atoms with E-state index >= 15 is 0 Å². The van der Waals surface area contributed by atoms with Crippen molar-refractivity contribution in [3.05, 3.63) is 23.7 Å². The molecule has 8 nitrogen and oxygen atoms in total. The molecule has 0 aromatic rings. The molecule has 0 rings (SSSR count). The second kappa shape index (κ2) is 17.1. The Hall–Kier alpha value is -1.22. The normalized spacial score (nSPS) is 11.1. The first-order valence-electron chi connectivity index (χ1n) is 6.27. The van der Waals surface area contributed by atoms with Crippen LogP contribution in [-0.2, 0) is 26.7 Å². The summed E-state index contributed by atoms with van der Waals surface area (Å²) in [6.45, 7) is 4.19. The van der Waals surface area contributed by atoms with Crippen molar-refractivity contribution >= 4 is 11.6 Å². The number of rotatable bonds is 5. The van der Waals surface area contributed by atoms with Crippen molar-refractivity contribution in [3.8, 4) is 0 Å². The van der Waals surface area contributed by atoms with E-state index in [9.17, 15) is 19.8 Å². The third kappa shape index (κ3) is 29.4. The van der Waals surface area contributed by atoms with Gasteiger partial charge in [0.1, 0.15) is 0 Å². The van der Waals surface area contributed by atoms with Gasteiger partial charge in [-0.2, -0.15) is 0 Å². The van der Waals surface area contributed by atoms with Crippen molar-refractivity contribution in [2.24, 2.45) is 5.73 Å². The minimum absolute atomic E-state index is 0. The van der Waals surface area contributed by atoms with Crippen LogP contribution in [-0.4, -0.2) is 52.2 Å². The second-order valence-corrected chi connectivity index (χ2v) is 4.57. The first-order chi connectivity index (χ1) is 9.93. The Balaban J connectivity index is -0.000000116. The number of ketones is 2. The Morgan fingerprint density at radius 1 is 0.870 bits per heavy atom. The van der Waals surface area contributed by atoms with Gasteiger partial charge in [-0.3, -0.25) is 9.59 Å². The van der Waals surface area contributed by atoms with Crippen molar-refractivity contribution in [2.75, 3.05) is 19.8 Å². The van der Waals surface area contributed by atoms with Crippen molar-refractivity contribution in [2.45, 2.75) is 33.2 Å². The molecule has 0 atom stereocenters. The molecule has 0 aromatic heterocycles. The average Bonchev–Trinajstić information content (AvgIpc) is 2.36. The maximum Gasteiger partial charge on any atom is 2.00 e. The van der Waals surface area contributed by atoms with Crippen LogP contribution in [0.15, 0.2) is 23.7 Å². The largest absolute Gasteiger partial charge is 2.00 e. The summed E-state index contributed by atoms with van der Waals surface area (Å²) < 4.78 is 0. The van der Waals surface area contributed by atoms with E-state index in [1.807, 2.05) is 0 Å². The smallest absolute Gasteiger partial charge is 0.876 e. The maximum absolute atomic E-state index is 9.98. The molecule has 0 saturated heterocycles. The van der Waals surface area contributed by atoms with Gasteiger partial charge in [-0.25, -0.2) is 0 Å². The zero-order valence-corrected chi connectivity index (χ0v) is 14.8. The fourth-order valence-electron chi connectivity index (χ4n) is 0.722. The summed E-state index contributed by atoms with van der Waals surface area (Å²) in [6, 6.07) is 0. The summed E-state index contributed by atoms with van der Waals surface area (Å²) in [7, 11) is 0. The Bertz CT molecular complexity index is 346. The van der Waals surface area contributed by atoms with E-state index in [4.69, 9.17) is 21.1 Å². The van der Waals surface area contributed by atoms with Gasteiger partial charge in [0.2, 0.25) is 0 Å². The predicted octanol–water partition coefficient (Wildman–Crippen LogP) is -2.66. The van der Waals surface area contributed by atoms with Gasteiger partial charge in [-0.15, -0.1) is 11.5 Å². The third-order valence-electron chi connectivity index (χ3n) is 1.76. The van der Waals surface area contributed by atoms with Gasteiger partial charge >= 0.3 is 17.1 Å². The molecule has 0 bridgehead atoms. The van der Waals surface area contributed by atoms with Crippen molar-refractivity contribution in [3.63, 3.8) is 0 Å². The molecule has 5 N–H and O–H groups in total. The van der Waals surface area contributed by atoms with Crippen molar-refractivity contribution in [1.82, 2.24) is 0 Å². The van der Waals surface area contributed by atoms with Crippen LogP contribution in [0.2, 0.25) is 0 Å². The molecule has 0 heterocycles. The van der Waals surface area contributed by atoms with E-state index in [0.717, 1.165) is 12.2 Å². The van der Waals surface area contributed by atoms with E-state index in [-0.39, 0.29) is 40.2 Å². The molecule has 0 radical (unpaired) electrons. The number of aliphatic hydroxyl groups is 3. The van der Waals surface area contributed by atoms with Crippen LogP contribution in [0.1, 0.15) is 27.7 Å². The van der Waals surface area contributed by atoms with Gasteiger partial charge in [-0.05, 0) is 26.0 Å². The zero-order chi connectivity index (χ0) is 18.3. The van der Waals surface area contributed by atoms with Crippen LogP contribution in [0.5, 0.6) is 0 Å². The first-order valence-corrected chi connectivity index (χ1v) is 6.27. The molecule has 0 amide bonds. The molecular formula is C14H25FeNO7. The maximum atomic E-state index is 9.98. The summed E-state index contributed by atoms with van der Waals surface area (Å²) >= 11 is 0. The second-order valence-electron chi connectivity index (χ2n) is 4.57. The number of aliphatic hydroxyl groups excluding tert-OH is 3. The number of carbonyl (C=O) groups is 2. The van der Waals surface area contributed by atoms with Crippen LogP contribution in [0.25, 0.3) is 0 Å². The van der Waals surface area contributed by atoms with E-state index in [1.165, 1.54) is 27.7 Å². The minimum atomic E-state index is -1.21. The molecule has 136 valence electrons. The van der Waals surface area contributed by atoms with Crippen LogP contribution in [0.3, 0.4) is 0 Å².